The van der Waals surface area contributed by atoms with Crippen molar-refractivity contribution in [2.75, 3.05) is 44.7 Å². The Kier molecular flexibility index (Phi) is 8.05. The van der Waals surface area contributed by atoms with Gasteiger partial charge in [-0.15, -0.1) is 0 Å². The summed E-state index contributed by atoms with van der Waals surface area (Å²) in [5.41, 5.74) is 4.69. The third kappa shape index (κ3) is 6.50. The van der Waals surface area contributed by atoms with Gasteiger partial charge < -0.3 is 15.0 Å². The first-order chi connectivity index (χ1) is 18.1. The van der Waals surface area contributed by atoms with Crippen molar-refractivity contribution in [3.8, 4) is 17.0 Å². The SMILES string of the molecule is COc1ccc(-c2cccc(N3CCC(C(=O)NCC4CCN(Cc5ccc(C)cc5)C4)CC3)n2)cc1. The van der Waals surface area contributed by atoms with Gasteiger partial charge in [0.25, 0.3) is 0 Å². The summed E-state index contributed by atoms with van der Waals surface area (Å²) in [5.74, 6) is 2.67. The Morgan fingerprint density at radius 2 is 1.73 bits per heavy atom. The van der Waals surface area contributed by atoms with Crippen LogP contribution in [0.25, 0.3) is 11.3 Å². The summed E-state index contributed by atoms with van der Waals surface area (Å²) >= 11 is 0. The fraction of sp³-hybridized carbons (Fsp3) is 0.419. The predicted octanol–water partition coefficient (Wildman–Crippen LogP) is 4.92. The Morgan fingerprint density at radius 1 is 0.973 bits per heavy atom. The fourth-order valence-electron chi connectivity index (χ4n) is 5.46. The van der Waals surface area contributed by atoms with E-state index in [-0.39, 0.29) is 11.8 Å². The lowest BCUT2D eigenvalue weighted by molar-refractivity contribution is -0.125. The number of hydrogen-bond acceptors (Lipinski definition) is 5. The second kappa shape index (κ2) is 11.8. The minimum atomic E-state index is 0.0890. The molecule has 3 heterocycles. The van der Waals surface area contributed by atoms with Crippen molar-refractivity contribution < 1.29 is 9.53 Å². The van der Waals surface area contributed by atoms with Crippen LogP contribution in [0.1, 0.15) is 30.4 Å². The number of hydrogen-bond donors (Lipinski definition) is 1. The zero-order valence-electron chi connectivity index (χ0n) is 22.0. The van der Waals surface area contributed by atoms with Gasteiger partial charge in [-0.05, 0) is 80.6 Å². The molecule has 2 fully saturated rings. The first-order valence-electron chi connectivity index (χ1n) is 13.5. The first kappa shape index (κ1) is 25.3. The van der Waals surface area contributed by atoms with Crippen LogP contribution < -0.4 is 15.0 Å². The lowest BCUT2D eigenvalue weighted by atomic mass is 9.95. The molecule has 1 unspecified atom stereocenters. The quantitative estimate of drug-likeness (QED) is 0.478. The van der Waals surface area contributed by atoms with E-state index in [1.165, 1.54) is 11.1 Å². The average molecular weight is 499 g/mol. The molecule has 0 saturated carbocycles. The number of nitrogens with zero attached hydrogens (tertiary/aromatic N) is 3. The summed E-state index contributed by atoms with van der Waals surface area (Å²) in [5, 5.41) is 3.27. The normalized spacial score (nSPS) is 18.6. The van der Waals surface area contributed by atoms with E-state index >= 15 is 0 Å². The number of piperidine rings is 1. The number of pyridine rings is 1. The van der Waals surface area contributed by atoms with Crippen molar-refractivity contribution >= 4 is 11.7 Å². The van der Waals surface area contributed by atoms with Gasteiger partial charge in [-0.3, -0.25) is 9.69 Å². The third-order valence-electron chi connectivity index (χ3n) is 7.77. The van der Waals surface area contributed by atoms with Gasteiger partial charge in [0.1, 0.15) is 11.6 Å². The molecule has 194 valence electrons. The maximum absolute atomic E-state index is 12.9. The summed E-state index contributed by atoms with van der Waals surface area (Å²) < 4.78 is 5.27. The number of ether oxygens (including phenoxy) is 1. The van der Waals surface area contributed by atoms with Crippen LogP contribution >= 0.6 is 0 Å². The third-order valence-corrected chi connectivity index (χ3v) is 7.77. The fourth-order valence-corrected chi connectivity index (χ4v) is 5.46. The molecule has 1 amide bonds. The number of anilines is 1. The summed E-state index contributed by atoms with van der Waals surface area (Å²) in [6, 6.07) is 23.0. The molecule has 1 aromatic heterocycles. The molecule has 2 aliphatic heterocycles. The van der Waals surface area contributed by atoms with Crippen LogP contribution in [0.4, 0.5) is 5.82 Å². The standard InChI is InChI=1S/C31H38N4O2/c1-23-6-8-24(9-7-23)21-34-17-14-25(22-34)20-32-31(36)27-15-18-35(19-16-27)30-5-3-4-29(33-30)26-10-12-28(37-2)13-11-26/h3-13,25,27H,14-22H2,1-2H3,(H,32,36). The average Bonchev–Trinajstić information content (AvgIpc) is 3.40. The summed E-state index contributed by atoms with van der Waals surface area (Å²) in [6.07, 6.45) is 2.88. The van der Waals surface area contributed by atoms with E-state index < -0.39 is 0 Å². The van der Waals surface area contributed by atoms with Gasteiger partial charge in [0, 0.05) is 44.2 Å². The van der Waals surface area contributed by atoms with Crippen LogP contribution in [0.3, 0.4) is 0 Å². The molecule has 3 aromatic rings. The van der Waals surface area contributed by atoms with Crippen LogP contribution in [0, 0.1) is 18.8 Å². The van der Waals surface area contributed by atoms with Crippen LogP contribution in [0.5, 0.6) is 5.75 Å². The highest BCUT2D eigenvalue weighted by atomic mass is 16.5. The van der Waals surface area contributed by atoms with Crippen molar-refractivity contribution in [3.63, 3.8) is 0 Å². The highest BCUT2D eigenvalue weighted by Crippen LogP contribution is 2.26. The van der Waals surface area contributed by atoms with Gasteiger partial charge >= 0.3 is 0 Å². The maximum atomic E-state index is 12.9. The molecule has 5 rings (SSSR count). The van der Waals surface area contributed by atoms with E-state index in [0.29, 0.717) is 5.92 Å². The van der Waals surface area contributed by atoms with E-state index in [2.05, 4.69) is 58.4 Å². The van der Waals surface area contributed by atoms with Crippen LogP contribution in [0.2, 0.25) is 0 Å². The van der Waals surface area contributed by atoms with E-state index in [0.717, 1.165) is 81.4 Å². The Balaban J connectivity index is 1.07. The molecule has 6 nitrogen and oxygen atoms in total. The van der Waals surface area contributed by atoms with Crippen LogP contribution in [-0.4, -0.2) is 55.6 Å². The number of aryl methyl sites for hydroxylation is 1. The van der Waals surface area contributed by atoms with Crippen LogP contribution in [0.15, 0.2) is 66.7 Å². The van der Waals surface area contributed by atoms with Gasteiger partial charge in [-0.2, -0.15) is 0 Å². The van der Waals surface area contributed by atoms with Crippen molar-refractivity contribution in [3.05, 3.63) is 77.9 Å². The number of nitrogens with one attached hydrogen (secondary N) is 1. The molecule has 37 heavy (non-hydrogen) atoms. The largest absolute Gasteiger partial charge is 0.497 e. The molecule has 2 aliphatic rings. The number of carbonyl (C=O) groups is 1. The first-order valence-corrected chi connectivity index (χ1v) is 13.5. The zero-order valence-corrected chi connectivity index (χ0v) is 22.0. The van der Waals surface area contributed by atoms with Gasteiger partial charge in [-0.1, -0.05) is 35.9 Å². The molecule has 2 aromatic carbocycles. The van der Waals surface area contributed by atoms with Crippen molar-refractivity contribution in [1.29, 1.82) is 0 Å². The number of rotatable bonds is 8. The molecule has 1 atom stereocenters. The number of likely N-dealkylation sites (tertiary alicyclic amines) is 1. The number of benzene rings is 2. The number of carbonyl (C=O) groups excluding carboxylic acids is 1. The van der Waals surface area contributed by atoms with E-state index in [1.54, 1.807) is 7.11 Å². The molecule has 0 aliphatic carbocycles. The highest BCUT2D eigenvalue weighted by Gasteiger charge is 2.28. The zero-order chi connectivity index (χ0) is 25.6. The lowest BCUT2D eigenvalue weighted by Crippen LogP contribution is -2.42. The smallest absolute Gasteiger partial charge is 0.223 e. The van der Waals surface area contributed by atoms with E-state index in [1.807, 2.05) is 30.3 Å². The Bertz CT molecular complexity index is 1170. The molecular weight excluding hydrogens is 460 g/mol. The Labute approximate surface area is 220 Å². The van der Waals surface area contributed by atoms with Crippen molar-refractivity contribution in [2.45, 2.75) is 32.7 Å². The number of aromatic nitrogens is 1. The monoisotopic (exact) mass is 498 g/mol. The van der Waals surface area contributed by atoms with Crippen molar-refractivity contribution in [2.24, 2.45) is 11.8 Å². The van der Waals surface area contributed by atoms with Crippen molar-refractivity contribution in [1.82, 2.24) is 15.2 Å². The summed E-state index contributed by atoms with van der Waals surface area (Å²) in [7, 11) is 1.67. The van der Waals surface area contributed by atoms with Crippen LogP contribution in [-0.2, 0) is 11.3 Å². The second-order valence-corrected chi connectivity index (χ2v) is 10.5. The minimum absolute atomic E-state index is 0.0890. The van der Waals surface area contributed by atoms with E-state index in [4.69, 9.17) is 9.72 Å². The van der Waals surface area contributed by atoms with Gasteiger partial charge in [0.2, 0.25) is 5.91 Å². The summed E-state index contributed by atoms with van der Waals surface area (Å²) in [6.45, 7) is 7.78. The van der Waals surface area contributed by atoms with Gasteiger partial charge in [0.05, 0.1) is 12.8 Å². The highest BCUT2D eigenvalue weighted by molar-refractivity contribution is 5.79. The van der Waals surface area contributed by atoms with Gasteiger partial charge in [0.15, 0.2) is 0 Å². The Hall–Kier alpha value is -3.38. The number of methoxy groups -OCH3 is 1. The molecule has 0 radical (unpaired) electrons. The minimum Gasteiger partial charge on any atom is -0.497 e. The lowest BCUT2D eigenvalue weighted by Gasteiger charge is -2.32. The second-order valence-electron chi connectivity index (χ2n) is 10.5. The molecular formula is C31H38N4O2. The molecule has 1 N–H and O–H groups in total. The molecule has 6 heteroatoms. The predicted molar refractivity (Wildman–Crippen MR) is 149 cm³/mol. The molecule has 2 saturated heterocycles. The topological polar surface area (TPSA) is 57.7 Å². The van der Waals surface area contributed by atoms with E-state index in [9.17, 15) is 4.79 Å². The number of amides is 1. The maximum Gasteiger partial charge on any atom is 0.223 e. The molecule has 0 bridgehead atoms. The Morgan fingerprint density at radius 3 is 2.46 bits per heavy atom. The molecule has 0 spiro atoms. The summed E-state index contributed by atoms with van der Waals surface area (Å²) in [4.78, 5) is 22.6. The van der Waals surface area contributed by atoms with Gasteiger partial charge in [-0.25, -0.2) is 4.98 Å².